The van der Waals surface area contributed by atoms with Crippen molar-refractivity contribution in [2.24, 2.45) is 0 Å². The lowest BCUT2D eigenvalue weighted by atomic mass is 10.2. The molecule has 1 aromatic carbocycles. The molecule has 2 aromatic rings. The molecule has 21 heavy (non-hydrogen) atoms. The van der Waals surface area contributed by atoms with Crippen molar-refractivity contribution in [3.8, 4) is 5.69 Å². The first-order valence-corrected chi connectivity index (χ1v) is 6.66. The number of aromatic nitrogens is 2. The number of nitro groups is 1. The molecule has 0 unspecified atom stereocenters. The van der Waals surface area contributed by atoms with Crippen LogP contribution in [0.5, 0.6) is 0 Å². The number of fused-ring (bicyclic) bond motifs is 1. The van der Waals surface area contributed by atoms with Gasteiger partial charge in [-0.05, 0) is 25.3 Å². The van der Waals surface area contributed by atoms with Crippen LogP contribution in [0, 0.1) is 10.1 Å². The molecule has 108 valence electrons. The molecule has 0 saturated heterocycles. The molecule has 0 amide bonds. The lowest BCUT2D eigenvalue weighted by Gasteiger charge is -2.08. The molecule has 0 aliphatic heterocycles. The summed E-state index contributed by atoms with van der Waals surface area (Å²) in [6, 6.07) is 4.32. The summed E-state index contributed by atoms with van der Waals surface area (Å²) < 4.78 is 1.31. The number of benzene rings is 1. The minimum absolute atomic E-state index is 0.0586. The number of aromatic carboxylic acids is 1. The van der Waals surface area contributed by atoms with Gasteiger partial charge in [-0.25, -0.2) is 9.48 Å². The van der Waals surface area contributed by atoms with Crippen LogP contribution in [-0.4, -0.2) is 25.8 Å². The SMILES string of the molecule is O=C(O)c1nn(-c2c(Cl)cccc2[N+](=O)[O-])c2c1CCC2. The average molecular weight is 308 g/mol. The molecule has 1 aromatic heterocycles. The summed E-state index contributed by atoms with van der Waals surface area (Å²) in [7, 11) is 0. The first-order chi connectivity index (χ1) is 10.0. The zero-order valence-electron chi connectivity index (χ0n) is 10.7. The van der Waals surface area contributed by atoms with Gasteiger partial charge in [-0.3, -0.25) is 10.1 Å². The van der Waals surface area contributed by atoms with Gasteiger partial charge in [0.2, 0.25) is 0 Å². The second-order valence-corrected chi connectivity index (χ2v) is 5.12. The highest BCUT2D eigenvalue weighted by Crippen LogP contribution is 2.35. The van der Waals surface area contributed by atoms with E-state index in [0.717, 1.165) is 6.42 Å². The zero-order valence-corrected chi connectivity index (χ0v) is 11.5. The van der Waals surface area contributed by atoms with E-state index < -0.39 is 10.9 Å². The molecule has 0 bridgehead atoms. The Labute approximate surface area is 123 Å². The van der Waals surface area contributed by atoms with Crippen molar-refractivity contribution < 1.29 is 14.8 Å². The van der Waals surface area contributed by atoms with E-state index >= 15 is 0 Å². The van der Waals surface area contributed by atoms with Crippen LogP contribution >= 0.6 is 11.6 Å². The summed E-state index contributed by atoms with van der Waals surface area (Å²) in [6.45, 7) is 0. The maximum Gasteiger partial charge on any atom is 0.356 e. The van der Waals surface area contributed by atoms with Gasteiger partial charge in [0, 0.05) is 17.3 Å². The maximum atomic E-state index is 11.3. The Kier molecular flexibility index (Phi) is 3.13. The van der Waals surface area contributed by atoms with Crippen LogP contribution in [0.25, 0.3) is 5.69 Å². The van der Waals surface area contributed by atoms with Crippen molar-refractivity contribution in [3.63, 3.8) is 0 Å². The maximum absolute atomic E-state index is 11.3. The quantitative estimate of drug-likeness (QED) is 0.694. The van der Waals surface area contributed by atoms with Gasteiger partial charge < -0.3 is 5.11 Å². The molecule has 8 heteroatoms. The average Bonchev–Trinajstić information content (AvgIpc) is 3.00. The molecular formula is C13H10ClN3O4. The normalized spacial score (nSPS) is 13.2. The van der Waals surface area contributed by atoms with Crippen molar-refractivity contribution in [3.05, 3.63) is 50.3 Å². The van der Waals surface area contributed by atoms with E-state index in [1.54, 1.807) is 0 Å². The fourth-order valence-electron chi connectivity index (χ4n) is 2.66. The number of halogens is 1. The van der Waals surface area contributed by atoms with Gasteiger partial charge in [0.15, 0.2) is 11.4 Å². The molecule has 1 N–H and O–H groups in total. The Balaban J connectivity index is 2.30. The second kappa shape index (κ2) is 4.85. The number of carboxylic acids is 1. The van der Waals surface area contributed by atoms with E-state index in [4.69, 9.17) is 11.6 Å². The van der Waals surface area contributed by atoms with E-state index in [1.165, 1.54) is 22.9 Å². The van der Waals surface area contributed by atoms with E-state index in [9.17, 15) is 20.0 Å². The topological polar surface area (TPSA) is 98.3 Å². The number of rotatable bonds is 3. The largest absolute Gasteiger partial charge is 0.476 e. The summed E-state index contributed by atoms with van der Waals surface area (Å²) in [5.41, 5.74) is 1.18. The van der Waals surface area contributed by atoms with Crippen molar-refractivity contribution in [1.29, 1.82) is 0 Å². The van der Waals surface area contributed by atoms with Gasteiger partial charge in [0.05, 0.1) is 9.95 Å². The number of nitrogens with zero attached hydrogens (tertiary/aromatic N) is 3. The predicted octanol–water partition coefficient (Wildman–Crippen LogP) is 2.62. The second-order valence-electron chi connectivity index (χ2n) is 4.71. The van der Waals surface area contributed by atoms with Crippen molar-refractivity contribution in [1.82, 2.24) is 9.78 Å². The third-order valence-corrected chi connectivity index (χ3v) is 3.81. The third-order valence-electron chi connectivity index (χ3n) is 3.51. The molecule has 7 nitrogen and oxygen atoms in total. The summed E-state index contributed by atoms with van der Waals surface area (Å²) in [4.78, 5) is 21.9. The smallest absolute Gasteiger partial charge is 0.356 e. The van der Waals surface area contributed by atoms with Crippen LogP contribution in [0.3, 0.4) is 0 Å². The van der Waals surface area contributed by atoms with Gasteiger partial charge in [0.1, 0.15) is 0 Å². The van der Waals surface area contributed by atoms with Crippen LogP contribution in [0.1, 0.15) is 28.2 Å². The minimum atomic E-state index is -1.14. The number of carbonyl (C=O) groups is 1. The molecule has 0 saturated carbocycles. The van der Waals surface area contributed by atoms with Gasteiger partial charge in [-0.1, -0.05) is 17.7 Å². The fourth-order valence-corrected chi connectivity index (χ4v) is 2.90. The van der Waals surface area contributed by atoms with Gasteiger partial charge in [-0.2, -0.15) is 5.10 Å². The lowest BCUT2D eigenvalue weighted by Crippen LogP contribution is -2.07. The number of hydrogen-bond donors (Lipinski definition) is 1. The van der Waals surface area contributed by atoms with E-state index in [2.05, 4.69) is 5.10 Å². The first-order valence-electron chi connectivity index (χ1n) is 6.28. The highest BCUT2D eigenvalue weighted by atomic mass is 35.5. The Bertz CT molecular complexity index is 769. The Hall–Kier alpha value is -2.41. The van der Waals surface area contributed by atoms with Crippen molar-refractivity contribution in [2.75, 3.05) is 0 Å². The Morgan fingerprint density at radius 2 is 2.19 bits per heavy atom. The van der Waals surface area contributed by atoms with Crippen LogP contribution in [0.15, 0.2) is 18.2 Å². The molecule has 1 heterocycles. The first kappa shape index (κ1) is 13.6. The molecule has 0 atom stereocenters. The summed E-state index contributed by atoms with van der Waals surface area (Å²) in [5, 5.41) is 24.6. The van der Waals surface area contributed by atoms with Crippen molar-refractivity contribution in [2.45, 2.75) is 19.3 Å². The van der Waals surface area contributed by atoms with E-state index in [-0.39, 0.29) is 22.1 Å². The molecule has 0 fully saturated rings. The number of carboxylic acid groups (broad SMARTS) is 1. The highest BCUT2D eigenvalue weighted by Gasteiger charge is 2.30. The predicted molar refractivity (Wildman–Crippen MR) is 74.2 cm³/mol. The van der Waals surface area contributed by atoms with Crippen LogP contribution in [0.2, 0.25) is 5.02 Å². The summed E-state index contributed by atoms with van der Waals surface area (Å²) in [5.74, 6) is -1.14. The van der Waals surface area contributed by atoms with Gasteiger partial charge in [-0.15, -0.1) is 0 Å². The van der Waals surface area contributed by atoms with Crippen LogP contribution in [-0.2, 0) is 12.8 Å². The molecule has 1 aliphatic carbocycles. The van der Waals surface area contributed by atoms with Crippen molar-refractivity contribution >= 4 is 23.3 Å². The van der Waals surface area contributed by atoms with Crippen LogP contribution in [0.4, 0.5) is 5.69 Å². The number of para-hydroxylation sites is 1. The molecule has 3 rings (SSSR count). The zero-order chi connectivity index (χ0) is 15.1. The van der Waals surface area contributed by atoms with E-state index in [0.29, 0.717) is 24.1 Å². The number of nitro benzene ring substituents is 1. The molecule has 0 spiro atoms. The molecular weight excluding hydrogens is 298 g/mol. The molecule has 0 radical (unpaired) electrons. The third kappa shape index (κ3) is 2.06. The monoisotopic (exact) mass is 307 g/mol. The van der Waals surface area contributed by atoms with Crippen LogP contribution < -0.4 is 0 Å². The standard InChI is InChI=1S/C13H10ClN3O4/c14-8-4-2-6-10(17(20)21)12(8)16-9-5-1-3-7(9)11(15-16)13(18)19/h2,4,6H,1,3,5H2,(H,18,19). The van der Waals surface area contributed by atoms with E-state index in [1.807, 2.05) is 0 Å². The lowest BCUT2D eigenvalue weighted by molar-refractivity contribution is -0.384. The summed E-state index contributed by atoms with van der Waals surface area (Å²) in [6.07, 6.45) is 2.03. The Morgan fingerprint density at radius 3 is 2.86 bits per heavy atom. The summed E-state index contributed by atoms with van der Waals surface area (Å²) >= 11 is 6.09. The van der Waals surface area contributed by atoms with Gasteiger partial charge in [0.25, 0.3) is 5.69 Å². The highest BCUT2D eigenvalue weighted by molar-refractivity contribution is 6.32. The van der Waals surface area contributed by atoms with Gasteiger partial charge >= 0.3 is 5.97 Å². The number of hydrogen-bond acceptors (Lipinski definition) is 4. The fraction of sp³-hybridized carbons (Fsp3) is 0.231. The Morgan fingerprint density at radius 1 is 1.43 bits per heavy atom. The molecule has 1 aliphatic rings. The minimum Gasteiger partial charge on any atom is -0.476 e.